The molecule has 0 aromatic heterocycles. The van der Waals surface area contributed by atoms with Crippen LogP contribution in [0.3, 0.4) is 0 Å². The third-order valence-electron chi connectivity index (χ3n) is 1.07. The van der Waals surface area contributed by atoms with Crippen LogP contribution in [-0.2, 0) is 26.0 Å². The first kappa shape index (κ1) is 14.3. The van der Waals surface area contributed by atoms with Gasteiger partial charge in [0.2, 0.25) is 0 Å². The molecule has 14 heavy (non-hydrogen) atoms. The number of nitrogens with zero attached hydrogens (tertiary/aromatic N) is 1. The molecule has 0 amide bonds. The smallest absolute Gasteiger partial charge is 0.322 e. The molecule has 1 unspecified atom stereocenters. The highest BCUT2D eigenvalue weighted by molar-refractivity contribution is 8.07. The molecule has 0 aromatic rings. The molecule has 0 rings (SSSR count). The van der Waals surface area contributed by atoms with Gasteiger partial charge in [-0.2, -0.15) is 11.8 Å². The number of hydrogen-bond acceptors (Lipinski definition) is 6. The zero-order valence-electron chi connectivity index (χ0n) is 8.30. The quantitative estimate of drug-likeness (QED) is 0.326. The lowest BCUT2D eigenvalue weighted by molar-refractivity contribution is -0.215. The van der Waals surface area contributed by atoms with Gasteiger partial charge in [-0.15, -0.1) is 0 Å². The van der Waals surface area contributed by atoms with Crippen LogP contribution in [0, 0.1) is 0 Å². The third-order valence-corrected chi connectivity index (χ3v) is 3.44. The van der Waals surface area contributed by atoms with Gasteiger partial charge >= 0.3 is 6.72 Å². The lowest BCUT2D eigenvalue weighted by atomic mass is 10.5. The lowest BCUT2D eigenvalue weighted by Gasteiger charge is -2.08. The normalized spacial score (nSPS) is 16.4. The van der Waals surface area contributed by atoms with Crippen LogP contribution in [0.1, 0.15) is 13.8 Å². The number of hydrogen-bond donors (Lipinski definition) is 1. The summed E-state index contributed by atoms with van der Waals surface area (Å²) in [6.07, 6.45) is 0. The summed E-state index contributed by atoms with van der Waals surface area (Å²) >= 11 is 6.21. The van der Waals surface area contributed by atoms with E-state index in [9.17, 15) is 0 Å². The van der Waals surface area contributed by atoms with E-state index >= 15 is 0 Å². The van der Waals surface area contributed by atoms with Crippen molar-refractivity contribution in [2.24, 2.45) is 5.16 Å². The highest BCUT2D eigenvalue weighted by Crippen LogP contribution is 2.42. The summed E-state index contributed by atoms with van der Waals surface area (Å²) < 4.78 is 8.85. The van der Waals surface area contributed by atoms with Crippen LogP contribution < -0.4 is 0 Å². The second kappa shape index (κ2) is 7.62. The van der Waals surface area contributed by atoms with Crippen molar-refractivity contribution in [1.29, 1.82) is 0 Å². The predicted octanol–water partition coefficient (Wildman–Crippen LogP) is 1.93. The number of oxime groups is 1. The Morgan fingerprint density at radius 3 is 2.79 bits per heavy atom. The first-order chi connectivity index (χ1) is 6.52. The highest BCUT2D eigenvalue weighted by atomic mass is 32.5. The fourth-order valence-corrected chi connectivity index (χ4v) is 1.24. The average molecular weight is 259 g/mol. The van der Waals surface area contributed by atoms with Gasteiger partial charge in [-0.1, -0.05) is 16.8 Å². The van der Waals surface area contributed by atoms with Crippen molar-refractivity contribution in [2.45, 2.75) is 13.8 Å². The van der Waals surface area contributed by atoms with Gasteiger partial charge in [0.25, 0.3) is 0 Å². The Kier molecular flexibility index (Phi) is 7.81. The summed E-state index contributed by atoms with van der Waals surface area (Å²) in [7, 11) is 1.24. The largest absolute Gasteiger partial charge is 0.367 e. The maximum absolute atomic E-state index is 9.09. The summed E-state index contributed by atoms with van der Waals surface area (Å²) in [5.41, 5.74) is 0.753. The molecule has 0 aromatic carbocycles. The monoisotopic (exact) mass is 259 g/mol. The van der Waals surface area contributed by atoms with Crippen LogP contribution in [0.15, 0.2) is 5.16 Å². The Labute approximate surface area is 93.0 Å². The minimum Gasteiger partial charge on any atom is -0.322 e. The van der Waals surface area contributed by atoms with Crippen LogP contribution in [-0.4, -0.2) is 29.2 Å². The first-order valence-corrected chi connectivity index (χ1v) is 7.61. The van der Waals surface area contributed by atoms with Crippen LogP contribution >= 0.6 is 18.5 Å². The molecule has 0 aliphatic carbocycles. The van der Waals surface area contributed by atoms with Crippen molar-refractivity contribution in [3.63, 3.8) is 0 Å². The lowest BCUT2D eigenvalue weighted by Crippen LogP contribution is -1.98. The second-order valence-electron chi connectivity index (χ2n) is 2.26. The first-order valence-electron chi connectivity index (χ1n) is 3.87. The molecule has 0 fully saturated rings. The van der Waals surface area contributed by atoms with Crippen LogP contribution in [0.25, 0.3) is 0 Å². The molecule has 8 heteroatoms. The van der Waals surface area contributed by atoms with Gasteiger partial charge in [0.05, 0.1) is 5.71 Å². The molecule has 0 spiro atoms. The second-order valence-corrected chi connectivity index (χ2v) is 6.37. The summed E-state index contributed by atoms with van der Waals surface area (Å²) in [5, 5.41) is 3.59. The van der Waals surface area contributed by atoms with Gasteiger partial charge in [0, 0.05) is 12.9 Å². The molecule has 0 radical (unpaired) electrons. The fourth-order valence-electron chi connectivity index (χ4n) is 0.429. The highest BCUT2D eigenvalue weighted by Gasteiger charge is 2.14. The number of thioether (sulfide) groups is 1. The van der Waals surface area contributed by atoms with E-state index in [1.807, 2.05) is 6.92 Å². The van der Waals surface area contributed by atoms with Crippen molar-refractivity contribution in [2.75, 3.05) is 18.6 Å². The summed E-state index contributed by atoms with van der Waals surface area (Å²) in [6, 6.07) is 0. The molecular weight excluding hydrogens is 245 g/mol. The van der Waals surface area contributed by atoms with Crippen LogP contribution in [0.2, 0.25) is 0 Å². The summed E-state index contributed by atoms with van der Waals surface area (Å²) in [4.78, 5) is 13.5. The van der Waals surface area contributed by atoms with Gasteiger partial charge in [-0.25, -0.2) is 4.99 Å². The zero-order valence-corrected chi connectivity index (χ0v) is 10.8. The van der Waals surface area contributed by atoms with Crippen molar-refractivity contribution < 1.29 is 19.1 Å². The van der Waals surface area contributed by atoms with E-state index in [1.165, 1.54) is 7.11 Å². The SMILES string of the molecule is CCSCC(C)=NOOP(O)(=S)OC. The molecule has 84 valence electrons. The van der Waals surface area contributed by atoms with Crippen molar-refractivity contribution in [3.8, 4) is 0 Å². The third kappa shape index (κ3) is 7.73. The molecule has 1 N–H and O–H groups in total. The Balaban J connectivity index is 3.75. The molecule has 0 aliphatic heterocycles. The van der Waals surface area contributed by atoms with Gasteiger partial charge in [-0.3, -0.25) is 0 Å². The van der Waals surface area contributed by atoms with Gasteiger partial charge < -0.3 is 9.42 Å². The van der Waals surface area contributed by atoms with Gasteiger partial charge in [0.1, 0.15) is 0 Å². The zero-order chi connectivity index (χ0) is 11.0. The standard InChI is InChI=1S/C6H14NO4PS2/c1-4-14-5-6(2)7-10-11-12(8,13)9-3/h4-5H2,1-3H3,(H,8,13). The van der Waals surface area contributed by atoms with Crippen molar-refractivity contribution in [1.82, 2.24) is 0 Å². The average Bonchev–Trinajstić information content (AvgIpc) is 2.14. The molecule has 5 nitrogen and oxygen atoms in total. The minimum absolute atomic E-state index is 0.751. The van der Waals surface area contributed by atoms with E-state index in [1.54, 1.807) is 18.7 Å². The van der Waals surface area contributed by atoms with Gasteiger partial charge in [-0.05, 0) is 24.5 Å². The predicted molar refractivity (Wildman–Crippen MR) is 61.8 cm³/mol. The molecule has 1 atom stereocenters. The van der Waals surface area contributed by atoms with Crippen LogP contribution in [0.4, 0.5) is 0 Å². The minimum atomic E-state index is -3.26. The molecule has 0 saturated carbocycles. The van der Waals surface area contributed by atoms with E-state index in [-0.39, 0.29) is 0 Å². The van der Waals surface area contributed by atoms with Gasteiger partial charge in [0.15, 0.2) is 0 Å². The maximum atomic E-state index is 9.09. The van der Waals surface area contributed by atoms with Crippen LogP contribution in [0.5, 0.6) is 0 Å². The molecule has 0 saturated heterocycles. The van der Waals surface area contributed by atoms with E-state index in [0.29, 0.717) is 0 Å². The Hall–Kier alpha value is 0.350. The molecule has 0 bridgehead atoms. The molecular formula is C6H14NO4PS2. The van der Waals surface area contributed by atoms with E-state index < -0.39 is 6.72 Å². The summed E-state index contributed by atoms with van der Waals surface area (Å²) in [6.45, 7) is 0.582. The Morgan fingerprint density at radius 2 is 2.29 bits per heavy atom. The van der Waals surface area contributed by atoms with Crippen molar-refractivity contribution >= 4 is 36.0 Å². The fraction of sp³-hybridized carbons (Fsp3) is 0.833. The molecule has 0 heterocycles. The van der Waals surface area contributed by atoms with E-state index in [2.05, 4.69) is 31.1 Å². The number of rotatable bonds is 7. The van der Waals surface area contributed by atoms with E-state index in [0.717, 1.165) is 17.2 Å². The summed E-state index contributed by atoms with van der Waals surface area (Å²) in [5.74, 6) is 1.75. The Morgan fingerprint density at radius 1 is 1.64 bits per heavy atom. The van der Waals surface area contributed by atoms with E-state index in [4.69, 9.17) is 4.89 Å². The van der Waals surface area contributed by atoms with Crippen molar-refractivity contribution in [3.05, 3.63) is 0 Å². The Bertz CT molecular complexity index is 236. The maximum Gasteiger partial charge on any atom is 0.367 e. The topological polar surface area (TPSA) is 60.3 Å². The molecule has 0 aliphatic rings.